The molecular formula is C12H19NS. The summed E-state index contributed by atoms with van der Waals surface area (Å²) in [5.74, 6) is 0. The number of benzene rings is 1. The van der Waals surface area contributed by atoms with E-state index >= 15 is 0 Å². The smallest absolute Gasteiger partial charge is 0.0191 e. The molecule has 0 spiro atoms. The Hall–Kier alpha value is -0.470. The van der Waals surface area contributed by atoms with E-state index in [1.807, 2.05) is 18.8 Å². The van der Waals surface area contributed by atoms with E-state index < -0.39 is 0 Å². The van der Waals surface area contributed by atoms with Crippen LogP contribution in [-0.4, -0.2) is 18.8 Å². The van der Waals surface area contributed by atoms with E-state index in [2.05, 4.69) is 44.3 Å². The molecule has 0 fully saturated rings. The van der Waals surface area contributed by atoms with Crippen LogP contribution in [-0.2, 0) is 0 Å². The second kappa shape index (κ2) is 5.42. The first-order valence-electron chi connectivity index (χ1n) is 5.02. The first-order valence-corrected chi connectivity index (χ1v) is 5.90. The minimum atomic E-state index is 0.625. The molecule has 0 amide bonds. The minimum absolute atomic E-state index is 0.625. The molecule has 14 heavy (non-hydrogen) atoms. The lowest BCUT2D eigenvalue weighted by atomic mass is 10.2. The average molecular weight is 209 g/mol. The molecule has 2 heteroatoms. The van der Waals surface area contributed by atoms with Crippen LogP contribution in [0.25, 0.3) is 0 Å². The van der Waals surface area contributed by atoms with E-state index in [0.29, 0.717) is 5.25 Å². The van der Waals surface area contributed by atoms with Crippen molar-refractivity contribution in [3.8, 4) is 0 Å². The number of nitrogens with one attached hydrogen (secondary N) is 1. The summed E-state index contributed by atoms with van der Waals surface area (Å²) in [4.78, 5) is 1.41. The van der Waals surface area contributed by atoms with E-state index in [1.54, 1.807) is 0 Å². The van der Waals surface area contributed by atoms with Gasteiger partial charge in [0.25, 0.3) is 0 Å². The summed E-state index contributed by atoms with van der Waals surface area (Å²) < 4.78 is 0. The number of rotatable bonds is 4. The molecule has 1 N–H and O–H groups in total. The Morgan fingerprint density at radius 1 is 1.36 bits per heavy atom. The lowest BCUT2D eigenvalue weighted by molar-refractivity contribution is 0.785. The van der Waals surface area contributed by atoms with Gasteiger partial charge in [0.2, 0.25) is 0 Å². The van der Waals surface area contributed by atoms with Gasteiger partial charge in [-0.05, 0) is 32.5 Å². The van der Waals surface area contributed by atoms with Crippen LogP contribution in [0.15, 0.2) is 23.1 Å². The Labute approximate surface area is 91.3 Å². The number of aryl methyl sites for hydroxylation is 2. The zero-order valence-corrected chi connectivity index (χ0v) is 10.2. The Morgan fingerprint density at radius 2 is 2.07 bits per heavy atom. The fraction of sp³-hybridized carbons (Fsp3) is 0.500. The summed E-state index contributed by atoms with van der Waals surface area (Å²) in [6.45, 7) is 7.63. The molecule has 1 rings (SSSR count). The van der Waals surface area contributed by atoms with Gasteiger partial charge in [0.15, 0.2) is 0 Å². The molecule has 1 atom stereocenters. The maximum absolute atomic E-state index is 3.20. The third kappa shape index (κ3) is 3.35. The Bertz CT molecular complexity index is 296. The summed E-state index contributed by atoms with van der Waals surface area (Å²) in [6, 6.07) is 6.64. The minimum Gasteiger partial charge on any atom is -0.319 e. The first-order chi connectivity index (χ1) is 6.63. The summed E-state index contributed by atoms with van der Waals surface area (Å²) >= 11 is 1.95. The fourth-order valence-electron chi connectivity index (χ4n) is 1.38. The van der Waals surface area contributed by atoms with Crippen molar-refractivity contribution < 1.29 is 0 Å². The molecule has 0 bridgehead atoms. The van der Waals surface area contributed by atoms with Crippen LogP contribution in [0.5, 0.6) is 0 Å². The van der Waals surface area contributed by atoms with Gasteiger partial charge in [-0.15, -0.1) is 11.8 Å². The zero-order chi connectivity index (χ0) is 10.6. The van der Waals surface area contributed by atoms with Gasteiger partial charge in [0.05, 0.1) is 0 Å². The highest BCUT2D eigenvalue weighted by Gasteiger charge is 2.05. The Kier molecular flexibility index (Phi) is 4.49. The van der Waals surface area contributed by atoms with Gasteiger partial charge < -0.3 is 5.32 Å². The molecule has 0 heterocycles. The summed E-state index contributed by atoms with van der Waals surface area (Å²) in [7, 11) is 2.00. The topological polar surface area (TPSA) is 12.0 Å². The van der Waals surface area contributed by atoms with E-state index in [1.165, 1.54) is 16.0 Å². The molecule has 0 saturated carbocycles. The predicted octanol–water partition coefficient (Wildman–Crippen LogP) is 3.00. The third-order valence-electron chi connectivity index (χ3n) is 2.16. The quantitative estimate of drug-likeness (QED) is 0.765. The highest BCUT2D eigenvalue weighted by atomic mass is 32.2. The van der Waals surface area contributed by atoms with Gasteiger partial charge in [0.1, 0.15) is 0 Å². The molecule has 1 aromatic rings. The first kappa shape index (κ1) is 11.6. The molecule has 0 radical (unpaired) electrons. The molecule has 0 aliphatic carbocycles. The van der Waals surface area contributed by atoms with Crippen molar-refractivity contribution in [1.82, 2.24) is 5.32 Å². The van der Waals surface area contributed by atoms with E-state index in [0.717, 1.165) is 6.54 Å². The van der Waals surface area contributed by atoms with E-state index in [4.69, 9.17) is 0 Å². The van der Waals surface area contributed by atoms with E-state index in [-0.39, 0.29) is 0 Å². The summed E-state index contributed by atoms with van der Waals surface area (Å²) in [5.41, 5.74) is 2.72. The second-order valence-electron chi connectivity index (χ2n) is 3.76. The number of hydrogen-bond donors (Lipinski definition) is 1. The normalized spacial score (nSPS) is 12.9. The standard InChI is InChI=1S/C12H19NS/c1-9-5-6-10(2)12(7-9)14-11(3)8-13-4/h5-7,11,13H,8H2,1-4H3. The van der Waals surface area contributed by atoms with Crippen LogP contribution in [0.2, 0.25) is 0 Å². The van der Waals surface area contributed by atoms with Gasteiger partial charge in [-0.25, -0.2) is 0 Å². The van der Waals surface area contributed by atoms with Crippen molar-refractivity contribution in [3.63, 3.8) is 0 Å². The van der Waals surface area contributed by atoms with Gasteiger partial charge in [-0.3, -0.25) is 0 Å². The molecule has 0 aromatic heterocycles. The van der Waals surface area contributed by atoms with Gasteiger partial charge in [-0.2, -0.15) is 0 Å². The maximum Gasteiger partial charge on any atom is 0.0191 e. The monoisotopic (exact) mass is 209 g/mol. The predicted molar refractivity (Wildman–Crippen MR) is 65.2 cm³/mol. The van der Waals surface area contributed by atoms with Crippen molar-refractivity contribution in [1.29, 1.82) is 0 Å². The average Bonchev–Trinajstić information content (AvgIpc) is 2.12. The SMILES string of the molecule is CNCC(C)Sc1cc(C)ccc1C. The van der Waals surface area contributed by atoms with Crippen molar-refractivity contribution in [3.05, 3.63) is 29.3 Å². The third-order valence-corrected chi connectivity index (χ3v) is 3.43. The van der Waals surface area contributed by atoms with Gasteiger partial charge in [-0.1, -0.05) is 24.6 Å². The largest absolute Gasteiger partial charge is 0.319 e. The lowest BCUT2D eigenvalue weighted by Crippen LogP contribution is -2.17. The molecule has 0 aliphatic heterocycles. The lowest BCUT2D eigenvalue weighted by Gasteiger charge is -2.12. The molecule has 0 saturated heterocycles. The van der Waals surface area contributed by atoms with Crippen molar-refractivity contribution in [2.45, 2.75) is 30.9 Å². The molecule has 78 valence electrons. The summed E-state index contributed by atoms with van der Waals surface area (Å²) in [5, 5.41) is 3.83. The zero-order valence-electron chi connectivity index (χ0n) is 9.42. The van der Waals surface area contributed by atoms with Crippen LogP contribution in [0.1, 0.15) is 18.1 Å². The van der Waals surface area contributed by atoms with Crippen molar-refractivity contribution in [2.24, 2.45) is 0 Å². The number of hydrogen-bond acceptors (Lipinski definition) is 2. The highest BCUT2D eigenvalue weighted by Crippen LogP contribution is 2.26. The molecular weight excluding hydrogens is 190 g/mol. The number of thioether (sulfide) groups is 1. The van der Waals surface area contributed by atoms with Crippen molar-refractivity contribution >= 4 is 11.8 Å². The van der Waals surface area contributed by atoms with Crippen molar-refractivity contribution in [2.75, 3.05) is 13.6 Å². The fourth-order valence-corrected chi connectivity index (χ4v) is 2.57. The van der Waals surface area contributed by atoms with E-state index in [9.17, 15) is 0 Å². The Balaban J connectivity index is 2.70. The molecule has 1 nitrogen and oxygen atoms in total. The van der Waals surface area contributed by atoms with Crippen LogP contribution in [0.4, 0.5) is 0 Å². The van der Waals surface area contributed by atoms with Crippen LogP contribution in [0.3, 0.4) is 0 Å². The highest BCUT2D eigenvalue weighted by molar-refractivity contribution is 8.00. The van der Waals surface area contributed by atoms with Crippen LogP contribution < -0.4 is 5.32 Å². The van der Waals surface area contributed by atoms with Crippen LogP contribution >= 0.6 is 11.8 Å². The molecule has 1 aromatic carbocycles. The Morgan fingerprint density at radius 3 is 2.71 bits per heavy atom. The molecule has 0 aliphatic rings. The van der Waals surface area contributed by atoms with Gasteiger partial charge in [0, 0.05) is 16.7 Å². The molecule has 1 unspecified atom stereocenters. The van der Waals surface area contributed by atoms with Crippen LogP contribution in [0, 0.1) is 13.8 Å². The second-order valence-corrected chi connectivity index (χ2v) is 5.24. The maximum atomic E-state index is 3.20. The van der Waals surface area contributed by atoms with Gasteiger partial charge >= 0.3 is 0 Å². The summed E-state index contributed by atoms with van der Waals surface area (Å²) in [6.07, 6.45) is 0.